The number of carbonyl (C=O) groups is 1. The van der Waals surface area contributed by atoms with Gasteiger partial charge in [0.1, 0.15) is 6.61 Å². The normalized spacial score (nSPS) is 23.6. The van der Waals surface area contributed by atoms with Crippen molar-refractivity contribution >= 4 is 5.97 Å². The zero-order chi connectivity index (χ0) is 12.8. The Balaban J connectivity index is 1.75. The summed E-state index contributed by atoms with van der Waals surface area (Å²) in [6.45, 7) is 0.759. The molecular formula is C14H18O4. The van der Waals surface area contributed by atoms with Crippen molar-refractivity contribution in [3.05, 3.63) is 35.9 Å². The van der Waals surface area contributed by atoms with E-state index in [9.17, 15) is 4.79 Å². The number of esters is 1. The number of rotatable bonds is 4. The van der Waals surface area contributed by atoms with Crippen LogP contribution < -0.4 is 0 Å². The van der Waals surface area contributed by atoms with Gasteiger partial charge in [-0.3, -0.25) is 0 Å². The van der Waals surface area contributed by atoms with Crippen molar-refractivity contribution in [3.63, 3.8) is 0 Å². The van der Waals surface area contributed by atoms with Crippen molar-refractivity contribution < 1.29 is 19.0 Å². The molecule has 1 aliphatic rings. The molecule has 0 saturated carbocycles. The van der Waals surface area contributed by atoms with E-state index >= 15 is 0 Å². The highest BCUT2D eigenvalue weighted by molar-refractivity contribution is 5.74. The van der Waals surface area contributed by atoms with Gasteiger partial charge in [-0.25, -0.2) is 4.79 Å². The Labute approximate surface area is 107 Å². The highest BCUT2D eigenvalue weighted by atomic mass is 16.6. The maximum Gasteiger partial charge on any atom is 0.335 e. The van der Waals surface area contributed by atoms with Crippen LogP contribution in [-0.2, 0) is 25.6 Å². The summed E-state index contributed by atoms with van der Waals surface area (Å²) in [6, 6.07) is 9.62. The third kappa shape index (κ3) is 3.55. The zero-order valence-corrected chi connectivity index (χ0v) is 10.5. The minimum atomic E-state index is -0.444. The van der Waals surface area contributed by atoms with Crippen molar-refractivity contribution in [1.82, 2.24) is 0 Å². The topological polar surface area (TPSA) is 44.8 Å². The molecule has 0 bridgehead atoms. The maximum absolute atomic E-state index is 11.8. The summed E-state index contributed by atoms with van der Waals surface area (Å²) in [4.78, 5) is 11.8. The summed E-state index contributed by atoms with van der Waals surface area (Å²) < 4.78 is 15.8. The first-order chi connectivity index (χ1) is 8.79. The van der Waals surface area contributed by atoms with Gasteiger partial charge in [-0.1, -0.05) is 30.3 Å². The summed E-state index contributed by atoms with van der Waals surface area (Å²) in [6.07, 6.45) is 1.15. The van der Waals surface area contributed by atoms with Crippen molar-refractivity contribution in [1.29, 1.82) is 0 Å². The molecular weight excluding hydrogens is 232 g/mol. The fourth-order valence-electron chi connectivity index (χ4n) is 1.92. The van der Waals surface area contributed by atoms with Crippen LogP contribution in [0.15, 0.2) is 30.3 Å². The van der Waals surface area contributed by atoms with Crippen LogP contribution in [0.3, 0.4) is 0 Å². The fourth-order valence-corrected chi connectivity index (χ4v) is 1.92. The third-order valence-corrected chi connectivity index (χ3v) is 3.05. The van der Waals surface area contributed by atoms with E-state index in [1.165, 1.54) is 0 Å². The minimum Gasteiger partial charge on any atom is -0.459 e. The Morgan fingerprint density at radius 2 is 2.11 bits per heavy atom. The average Bonchev–Trinajstić information content (AvgIpc) is 2.46. The van der Waals surface area contributed by atoms with Crippen LogP contribution in [0.1, 0.15) is 18.4 Å². The van der Waals surface area contributed by atoms with E-state index in [-0.39, 0.29) is 12.1 Å². The van der Waals surface area contributed by atoms with E-state index < -0.39 is 6.10 Å². The monoisotopic (exact) mass is 250 g/mol. The first-order valence-corrected chi connectivity index (χ1v) is 6.14. The van der Waals surface area contributed by atoms with Crippen LogP contribution in [0.2, 0.25) is 0 Å². The minimum absolute atomic E-state index is 0.100. The molecule has 1 saturated heterocycles. The lowest BCUT2D eigenvalue weighted by molar-refractivity contribution is -0.166. The lowest BCUT2D eigenvalue weighted by atomic mass is 10.1. The lowest BCUT2D eigenvalue weighted by Gasteiger charge is -2.26. The summed E-state index contributed by atoms with van der Waals surface area (Å²) in [5, 5.41) is 0. The Morgan fingerprint density at radius 3 is 2.72 bits per heavy atom. The van der Waals surface area contributed by atoms with Crippen molar-refractivity contribution in [2.45, 2.75) is 31.7 Å². The van der Waals surface area contributed by atoms with Crippen molar-refractivity contribution in [2.24, 2.45) is 0 Å². The van der Waals surface area contributed by atoms with Crippen LogP contribution >= 0.6 is 0 Å². The maximum atomic E-state index is 11.8. The standard InChI is InChI=1S/C14H18O4/c1-16-12-7-8-13(17-10-12)14(15)18-9-11-5-3-2-4-6-11/h2-6,12-13H,7-10H2,1H3/t12-,13+/m0/s1. The Hall–Kier alpha value is -1.39. The molecule has 0 aromatic heterocycles. The van der Waals surface area contributed by atoms with E-state index in [1.807, 2.05) is 30.3 Å². The average molecular weight is 250 g/mol. The molecule has 0 amide bonds. The number of ether oxygens (including phenoxy) is 3. The summed E-state index contributed by atoms with van der Waals surface area (Å²) in [5.74, 6) is -0.284. The molecule has 4 heteroatoms. The molecule has 4 nitrogen and oxygen atoms in total. The van der Waals surface area contributed by atoms with Gasteiger partial charge in [-0.05, 0) is 18.4 Å². The summed E-state index contributed by atoms with van der Waals surface area (Å²) in [5.41, 5.74) is 0.983. The van der Waals surface area contributed by atoms with Gasteiger partial charge in [-0.15, -0.1) is 0 Å². The van der Waals surface area contributed by atoms with Gasteiger partial charge in [-0.2, -0.15) is 0 Å². The second kappa shape index (κ2) is 6.52. The van der Waals surface area contributed by atoms with E-state index in [4.69, 9.17) is 14.2 Å². The Morgan fingerprint density at radius 1 is 1.33 bits per heavy atom. The number of carbonyl (C=O) groups excluding carboxylic acids is 1. The number of methoxy groups -OCH3 is 1. The quantitative estimate of drug-likeness (QED) is 0.766. The summed E-state index contributed by atoms with van der Waals surface area (Å²) >= 11 is 0. The van der Waals surface area contributed by atoms with Gasteiger partial charge in [0.2, 0.25) is 0 Å². The molecule has 1 aliphatic heterocycles. The molecule has 0 aliphatic carbocycles. The van der Waals surface area contributed by atoms with Gasteiger partial charge in [0.15, 0.2) is 6.10 Å². The van der Waals surface area contributed by atoms with E-state index in [0.29, 0.717) is 19.6 Å². The molecule has 98 valence electrons. The Kier molecular flexibility index (Phi) is 4.73. The van der Waals surface area contributed by atoms with Crippen LogP contribution in [0.5, 0.6) is 0 Å². The molecule has 0 spiro atoms. The molecule has 1 fully saturated rings. The second-order valence-electron chi connectivity index (χ2n) is 4.35. The Bertz CT molecular complexity index is 369. The molecule has 0 N–H and O–H groups in total. The smallest absolute Gasteiger partial charge is 0.335 e. The third-order valence-electron chi connectivity index (χ3n) is 3.05. The number of benzene rings is 1. The fraction of sp³-hybridized carbons (Fsp3) is 0.500. The molecule has 1 heterocycles. The molecule has 0 radical (unpaired) electrons. The van der Waals surface area contributed by atoms with Crippen LogP contribution in [0, 0.1) is 0 Å². The van der Waals surface area contributed by atoms with E-state index in [1.54, 1.807) is 7.11 Å². The number of hydrogen-bond acceptors (Lipinski definition) is 4. The van der Waals surface area contributed by atoms with E-state index in [2.05, 4.69) is 0 Å². The lowest BCUT2D eigenvalue weighted by Crippen LogP contribution is -2.36. The highest BCUT2D eigenvalue weighted by Crippen LogP contribution is 2.17. The molecule has 1 aromatic carbocycles. The highest BCUT2D eigenvalue weighted by Gasteiger charge is 2.28. The predicted molar refractivity (Wildman–Crippen MR) is 66.0 cm³/mol. The van der Waals surface area contributed by atoms with Crippen LogP contribution in [0.25, 0.3) is 0 Å². The summed E-state index contributed by atoms with van der Waals surface area (Å²) in [7, 11) is 1.65. The first-order valence-electron chi connectivity index (χ1n) is 6.14. The van der Waals surface area contributed by atoms with Gasteiger partial charge < -0.3 is 14.2 Å². The van der Waals surface area contributed by atoms with Crippen molar-refractivity contribution in [2.75, 3.05) is 13.7 Å². The van der Waals surface area contributed by atoms with E-state index in [0.717, 1.165) is 12.0 Å². The first kappa shape index (κ1) is 13.1. The van der Waals surface area contributed by atoms with Gasteiger partial charge in [0.25, 0.3) is 0 Å². The number of hydrogen-bond donors (Lipinski definition) is 0. The largest absolute Gasteiger partial charge is 0.459 e. The zero-order valence-electron chi connectivity index (χ0n) is 10.5. The predicted octanol–water partition coefficient (Wildman–Crippen LogP) is 1.92. The molecule has 2 atom stereocenters. The molecule has 18 heavy (non-hydrogen) atoms. The molecule has 2 rings (SSSR count). The SMILES string of the molecule is CO[C@H]1CC[C@H](C(=O)OCc2ccccc2)OC1. The van der Waals surface area contributed by atoms with Crippen molar-refractivity contribution in [3.8, 4) is 0 Å². The van der Waals surface area contributed by atoms with Crippen LogP contribution in [-0.4, -0.2) is 31.9 Å². The molecule has 1 aromatic rings. The van der Waals surface area contributed by atoms with Gasteiger partial charge in [0, 0.05) is 7.11 Å². The van der Waals surface area contributed by atoms with Gasteiger partial charge >= 0.3 is 5.97 Å². The van der Waals surface area contributed by atoms with Crippen LogP contribution in [0.4, 0.5) is 0 Å². The van der Waals surface area contributed by atoms with Gasteiger partial charge in [0.05, 0.1) is 12.7 Å². The molecule has 0 unspecified atom stereocenters. The second-order valence-corrected chi connectivity index (χ2v) is 4.35.